The molecular formula is C12H17FN2O. The van der Waals surface area contributed by atoms with Gasteiger partial charge in [0, 0.05) is 18.2 Å². The van der Waals surface area contributed by atoms with Crippen molar-refractivity contribution < 1.29 is 9.50 Å². The average Bonchev–Trinajstić information content (AvgIpc) is 2.57. The quantitative estimate of drug-likeness (QED) is 0.834. The van der Waals surface area contributed by atoms with E-state index in [0.717, 1.165) is 18.8 Å². The minimum atomic E-state index is -0.396. The third-order valence-corrected chi connectivity index (χ3v) is 3.14. The van der Waals surface area contributed by atoms with Gasteiger partial charge in [0.25, 0.3) is 0 Å². The third kappa shape index (κ3) is 2.02. The molecule has 1 fully saturated rings. The molecule has 3 nitrogen and oxygen atoms in total. The highest BCUT2D eigenvalue weighted by Crippen LogP contribution is 2.29. The van der Waals surface area contributed by atoms with Gasteiger partial charge in [0.05, 0.1) is 12.8 Å². The Morgan fingerprint density at radius 2 is 2.31 bits per heavy atom. The van der Waals surface area contributed by atoms with Crippen LogP contribution in [-0.2, 0) is 6.61 Å². The number of rotatable bonds is 2. The maximum Gasteiger partial charge on any atom is 0.142 e. The highest BCUT2D eigenvalue weighted by molar-refractivity contribution is 5.48. The summed E-state index contributed by atoms with van der Waals surface area (Å²) in [6.45, 7) is 5.08. The van der Waals surface area contributed by atoms with Gasteiger partial charge in [-0.3, -0.25) is 0 Å². The Balaban J connectivity index is 2.32. The number of hydrogen-bond acceptors (Lipinski definition) is 3. The molecule has 1 N–H and O–H groups in total. The van der Waals surface area contributed by atoms with E-state index in [4.69, 9.17) is 0 Å². The number of aliphatic hydroxyl groups excluding tert-OH is 1. The molecular weight excluding hydrogens is 207 g/mol. The molecule has 1 aliphatic rings. The molecule has 0 radical (unpaired) electrons. The summed E-state index contributed by atoms with van der Waals surface area (Å²) in [5.41, 5.74) is 0.570. The molecule has 4 heteroatoms. The van der Waals surface area contributed by atoms with Crippen molar-refractivity contribution in [3.63, 3.8) is 0 Å². The maximum atomic E-state index is 13.0. The zero-order valence-corrected chi connectivity index (χ0v) is 9.65. The van der Waals surface area contributed by atoms with E-state index in [2.05, 4.69) is 23.7 Å². The molecule has 16 heavy (non-hydrogen) atoms. The van der Waals surface area contributed by atoms with Crippen LogP contribution in [0.5, 0.6) is 0 Å². The third-order valence-electron chi connectivity index (χ3n) is 3.14. The van der Waals surface area contributed by atoms with E-state index in [1.54, 1.807) is 0 Å². The smallest absolute Gasteiger partial charge is 0.142 e. The van der Waals surface area contributed by atoms with E-state index in [1.165, 1.54) is 12.3 Å². The van der Waals surface area contributed by atoms with Crippen LogP contribution in [0, 0.1) is 11.7 Å². The summed E-state index contributed by atoms with van der Waals surface area (Å²) in [6, 6.07) is 1.76. The molecule has 2 unspecified atom stereocenters. The molecule has 0 spiro atoms. The fourth-order valence-electron chi connectivity index (χ4n) is 2.44. The SMILES string of the molecule is CC1CC(C)N(c2ncc(F)cc2CO)C1. The second kappa shape index (κ2) is 4.37. The summed E-state index contributed by atoms with van der Waals surface area (Å²) < 4.78 is 13.0. The molecule has 2 heterocycles. The summed E-state index contributed by atoms with van der Waals surface area (Å²) in [4.78, 5) is 6.26. The van der Waals surface area contributed by atoms with Gasteiger partial charge in [0.2, 0.25) is 0 Å². The Labute approximate surface area is 94.9 Å². The van der Waals surface area contributed by atoms with E-state index in [1.807, 2.05) is 0 Å². The number of aliphatic hydroxyl groups is 1. The maximum absolute atomic E-state index is 13.0. The lowest BCUT2D eigenvalue weighted by atomic mass is 10.1. The zero-order chi connectivity index (χ0) is 11.7. The van der Waals surface area contributed by atoms with E-state index in [9.17, 15) is 9.50 Å². The first-order chi connectivity index (χ1) is 7.61. The standard InChI is InChI=1S/C12H17FN2O/c1-8-3-9(2)15(6-8)12-10(7-16)4-11(13)5-14-12/h4-5,8-9,16H,3,6-7H2,1-2H3. The van der Waals surface area contributed by atoms with Crippen LogP contribution in [0.2, 0.25) is 0 Å². The molecule has 0 aliphatic carbocycles. The van der Waals surface area contributed by atoms with Crippen molar-refractivity contribution >= 4 is 5.82 Å². The van der Waals surface area contributed by atoms with Crippen LogP contribution in [0.3, 0.4) is 0 Å². The van der Waals surface area contributed by atoms with Crippen molar-refractivity contribution in [3.8, 4) is 0 Å². The van der Waals surface area contributed by atoms with E-state index < -0.39 is 5.82 Å². The number of halogens is 1. The highest BCUT2D eigenvalue weighted by Gasteiger charge is 2.28. The predicted molar refractivity (Wildman–Crippen MR) is 60.7 cm³/mol. The predicted octanol–water partition coefficient (Wildman–Crippen LogP) is 1.95. The lowest BCUT2D eigenvalue weighted by Gasteiger charge is -2.24. The summed E-state index contributed by atoms with van der Waals surface area (Å²) >= 11 is 0. The summed E-state index contributed by atoms with van der Waals surface area (Å²) in [5.74, 6) is 0.946. The Morgan fingerprint density at radius 3 is 2.88 bits per heavy atom. The van der Waals surface area contributed by atoms with E-state index in [-0.39, 0.29) is 6.61 Å². The largest absolute Gasteiger partial charge is 0.392 e. The summed E-state index contributed by atoms with van der Waals surface area (Å²) in [6.07, 6.45) is 2.33. The minimum absolute atomic E-state index is 0.169. The van der Waals surface area contributed by atoms with Crippen molar-refractivity contribution in [3.05, 3.63) is 23.6 Å². The summed E-state index contributed by atoms with van der Waals surface area (Å²) in [5, 5.41) is 9.22. The van der Waals surface area contributed by atoms with Gasteiger partial charge in [-0.15, -0.1) is 0 Å². The van der Waals surface area contributed by atoms with Crippen LogP contribution in [-0.4, -0.2) is 22.7 Å². The van der Waals surface area contributed by atoms with Gasteiger partial charge in [-0.2, -0.15) is 0 Å². The van der Waals surface area contributed by atoms with Gasteiger partial charge >= 0.3 is 0 Å². The first-order valence-electron chi connectivity index (χ1n) is 5.63. The molecule has 2 atom stereocenters. The van der Waals surface area contributed by atoms with Crippen LogP contribution in [0.15, 0.2) is 12.3 Å². The topological polar surface area (TPSA) is 36.4 Å². The fraction of sp³-hybridized carbons (Fsp3) is 0.583. The van der Waals surface area contributed by atoms with Crippen molar-refractivity contribution in [1.82, 2.24) is 4.98 Å². The molecule has 1 aliphatic heterocycles. The Morgan fingerprint density at radius 1 is 1.56 bits per heavy atom. The summed E-state index contributed by atoms with van der Waals surface area (Å²) in [7, 11) is 0. The van der Waals surface area contributed by atoms with Gasteiger partial charge < -0.3 is 10.0 Å². The van der Waals surface area contributed by atoms with Gasteiger partial charge in [-0.05, 0) is 25.3 Å². The zero-order valence-electron chi connectivity index (χ0n) is 9.65. The molecule has 0 aromatic carbocycles. The Kier molecular flexibility index (Phi) is 3.10. The second-order valence-corrected chi connectivity index (χ2v) is 4.64. The average molecular weight is 224 g/mol. The second-order valence-electron chi connectivity index (χ2n) is 4.64. The number of nitrogens with zero attached hydrogens (tertiary/aromatic N) is 2. The number of hydrogen-bond donors (Lipinski definition) is 1. The van der Waals surface area contributed by atoms with Gasteiger partial charge in [-0.1, -0.05) is 6.92 Å². The van der Waals surface area contributed by atoms with E-state index >= 15 is 0 Å². The van der Waals surface area contributed by atoms with Crippen LogP contribution in [0.25, 0.3) is 0 Å². The first kappa shape index (κ1) is 11.3. The molecule has 0 amide bonds. The van der Waals surface area contributed by atoms with Crippen molar-refractivity contribution in [2.45, 2.75) is 32.9 Å². The van der Waals surface area contributed by atoms with Crippen LogP contribution in [0.1, 0.15) is 25.8 Å². The van der Waals surface area contributed by atoms with E-state index in [0.29, 0.717) is 17.5 Å². The lowest BCUT2D eigenvalue weighted by Crippen LogP contribution is -2.28. The number of aromatic nitrogens is 1. The number of anilines is 1. The lowest BCUT2D eigenvalue weighted by molar-refractivity contribution is 0.281. The monoisotopic (exact) mass is 224 g/mol. The first-order valence-corrected chi connectivity index (χ1v) is 5.63. The molecule has 0 bridgehead atoms. The van der Waals surface area contributed by atoms with Crippen molar-refractivity contribution in [1.29, 1.82) is 0 Å². The number of pyridine rings is 1. The van der Waals surface area contributed by atoms with Crippen LogP contribution < -0.4 is 4.90 Å². The van der Waals surface area contributed by atoms with Crippen molar-refractivity contribution in [2.75, 3.05) is 11.4 Å². The molecule has 1 aromatic rings. The molecule has 1 saturated heterocycles. The van der Waals surface area contributed by atoms with Gasteiger partial charge in [-0.25, -0.2) is 9.37 Å². The molecule has 2 rings (SSSR count). The normalized spacial score (nSPS) is 25.1. The van der Waals surface area contributed by atoms with Crippen LogP contribution >= 0.6 is 0 Å². The fourth-order valence-corrected chi connectivity index (χ4v) is 2.44. The highest BCUT2D eigenvalue weighted by atomic mass is 19.1. The molecule has 0 saturated carbocycles. The van der Waals surface area contributed by atoms with Crippen LogP contribution in [0.4, 0.5) is 10.2 Å². The van der Waals surface area contributed by atoms with Crippen molar-refractivity contribution in [2.24, 2.45) is 5.92 Å². The minimum Gasteiger partial charge on any atom is -0.392 e. The van der Waals surface area contributed by atoms with Gasteiger partial charge in [0.1, 0.15) is 11.6 Å². The van der Waals surface area contributed by atoms with Gasteiger partial charge in [0.15, 0.2) is 0 Å². The molecule has 1 aromatic heterocycles. The Hall–Kier alpha value is -1.16. The Bertz CT molecular complexity index is 383. The molecule has 88 valence electrons.